The first kappa shape index (κ1) is 15.7. The van der Waals surface area contributed by atoms with Gasteiger partial charge in [-0.15, -0.1) is 0 Å². The molecule has 0 aliphatic rings. The van der Waals surface area contributed by atoms with E-state index in [1.54, 1.807) is 18.2 Å². The lowest BCUT2D eigenvalue weighted by Crippen LogP contribution is -2.50. The molecule has 1 aromatic carbocycles. The Bertz CT molecular complexity index is 737. The third kappa shape index (κ3) is 2.59. The molecule has 5 nitrogen and oxygen atoms in total. The lowest BCUT2D eigenvalue weighted by Gasteiger charge is -2.31. The van der Waals surface area contributed by atoms with Crippen molar-refractivity contribution < 1.29 is 14.7 Å². The minimum absolute atomic E-state index is 0.144. The smallest absolute Gasteiger partial charge is 0.329 e. The number of carboxylic acids is 1. The topological polar surface area (TPSA) is 73.4 Å². The van der Waals surface area contributed by atoms with Crippen LogP contribution in [0.3, 0.4) is 0 Å². The van der Waals surface area contributed by atoms with Crippen molar-refractivity contribution in [2.75, 3.05) is 7.05 Å². The second-order valence-corrected chi connectivity index (χ2v) is 6.05. The molecule has 0 atom stereocenters. The molecule has 2 aromatic rings. The van der Waals surface area contributed by atoms with Crippen LogP contribution in [0, 0.1) is 0 Å². The normalized spacial score (nSPS) is 11.7. The Hall–Kier alpha value is -1.72. The predicted octanol–water partition coefficient (Wildman–Crippen LogP) is 3.41. The largest absolute Gasteiger partial charge is 0.480 e. The number of carbonyl (C=O) groups is 2. The third-order valence-electron chi connectivity index (χ3n) is 3.58. The number of aromatic nitrogens is 1. The highest BCUT2D eigenvalue weighted by Gasteiger charge is 2.36. The Labute approximate surface area is 131 Å². The Morgan fingerprint density at radius 3 is 2.48 bits per heavy atom. The highest BCUT2D eigenvalue weighted by Crippen LogP contribution is 2.31. The van der Waals surface area contributed by atoms with Crippen LogP contribution in [0.15, 0.2) is 18.2 Å². The fourth-order valence-corrected chi connectivity index (χ4v) is 2.30. The van der Waals surface area contributed by atoms with Crippen molar-refractivity contribution in [3.63, 3.8) is 0 Å². The van der Waals surface area contributed by atoms with E-state index < -0.39 is 17.4 Å². The zero-order valence-corrected chi connectivity index (χ0v) is 13.2. The van der Waals surface area contributed by atoms with E-state index in [1.807, 2.05) is 0 Å². The van der Waals surface area contributed by atoms with Gasteiger partial charge in [0.25, 0.3) is 5.91 Å². The first-order chi connectivity index (χ1) is 9.66. The Morgan fingerprint density at radius 1 is 1.29 bits per heavy atom. The van der Waals surface area contributed by atoms with Gasteiger partial charge in [-0.25, -0.2) is 4.79 Å². The summed E-state index contributed by atoms with van der Waals surface area (Å²) in [7, 11) is 1.42. The molecule has 0 spiro atoms. The average molecular weight is 329 g/mol. The Kier molecular flexibility index (Phi) is 3.91. The highest BCUT2D eigenvalue weighted by molar-refractivity contribution is 6.39. The molecule has 1 amide bonds. The van der Waals surface area contributed by atoms with Crippen molar-refractivity contribution >= 4 is 46.0 Å². The van der Waals surface area contributed by atoms with Gasteiger partial charge in [0.15, 0.2) is 0 Å². The van der Waals surface area contributed by atoms with Crippen LogP contribution < -0.4 is 0 Å². The lowest BCUT2D eigenvalue weighted by molar-refractivity contribution is -0.147. The van der Waals surface area contributed by atoms with Crippen LogP contribution in [0.5, 0.6) is 0 Å². The van der Waals surface area contributed by atoms with E-state index in [0.29, 0.717) is 15.9 Å². The van der Waals surface area contributed by atoms with E-state index in [9.17, 15) is 14.7 Å². The minimum atomic E-state index is -1.35. The number of likely N-dealkylation sites (N-methyl/N-ethyl adjacent to an activating group) is 1. The Morgan fingerprint density at radius 2 is 1.90 bits per heavy atom. The minimum Gasteiger partial charge on any atom is -0.480 e. The van der Waals surface area contributed by atoms with Gasteiger partial charge in [-0.2, -0.15) is 0 Å². The molecule has 7 heteroatoms. The van der Waals surface area contributed by atoms with E-state index in [4.69, 9.17) is 23.2 Å². The van der Waals surface area contributed by atoms with Gasteiger partial charge in [0, 0.05) is 23.0 Å². The lowest BCUT2D eigenvalue weighted by atomic mass is 10.0. The molecule has 0 aliphatic carbocycles. The van der Waals surface area contributed by atoms with Crippen molar-refractivity contribution in [2.24, 2.45) is 0 Å². The van der Waals surface area contributed by atoms with Crippen LogP contribution >= 0.6 is 23.2 Å². The van der Waals surface area contributed by atoms with Crippen molar-refractivity contribution in [1.82, 2.24) is 9.88 Å². The summed E-state index contributed by atoms with van der Waals surface area (Å²) in [6.07, 6.45) is 0. The van der Waals surface area contributed by atoms with E-state index in [0.717, 1.165) is 4.90 Å². The van der Waals surface area contributed by atoms with Crippen LogP contribution in [0.4, 0.5) is 0 Å². The molecule has 0 bridgehead atoms. The van der Waals surface area contributed by atoms with Crippen LogP contribution in [0.1, 0.15) is 24.3 Å². The second kappa shape index (κ2) is 5.24. The molecular weight excluding hydrogens is 315 g/mol. The Balaban J connectivity index is 2.49. The quantitative estimate of drug-likeness (QED) is 0.906. The molecule has 1 aromatic heterocycles. The van der Waals surface area contributed by atoms with Gasteiger partial charge in [0.05, 0.1) is 5.02 Å². The number of nitrogens with one attached hydrogen (secondary N) is 1. The summed E-state index contributed by atoms with van der Waals surface area (Å²) >= 11 is 12.1. The standard InChI is InChI=1S/C14H14Cl2N2O3/c1-14(2,13(20)21)18(3)12(19)11-10(16)8-6-7(15)4-5-9(8)17-11/h4-6,17H,1-3H3,(H,20,21). The van der Waals surface area contributed by atoms with E-state index in [2.05, 4.69) is 4.98 Å². The van der Waals surface area contributed by atoms with Crippen LogP contribution in [0.2, 0.25) is 10.0 Å². The van der Waals surface area contributed by atoms with Gasteiger partial charge in [-0.1, -0.05) is 23.2 Å². The fourth-order valence-electron chi connectivity index (χ4n) is 1.84. The number of benzene rings is 1. The number of carbonyl (C=O) groups excluding carboxylic acids is 1. The fraction of sp³-hybridized carbons (Fsp3) is 0.286. The number of aromatic amines is 1. The number of hydrogen-bond acceptors (Lipinski definition) is 2. The van der Waals surface area contributed by atoms with Gasteiger partial charge in [-0.05, 0) is 32.0 Å². The van der Waals surface area contributed by atoms with Gasteiger partial charge in [0.1, 0.15) is 11.2 Å². The number of halogens is 2. The number of rotatable bonds is 3. The number of carboxylic acid groups (broad SMARTS) is 1. The first-order valence-electron chi connectivity index (χ1n) is 6.14. The number of H-pyrrole nitrogens is 1. The van der Waals surface area contributed by atoms with Gasteiger partial charge >= 0.3 is 5.97 Å². The second-order valence-electron chi connectivity index (χ2n) is 5.23. The molecule has 0 aliphatic heterocycles. The molecule has 2 rings (SSSR count). The predicted molar refractivity (Wildman–Crippen MR) is 82.1 cm³/mol. The molecule has 112 valence electrons. The number of amides is 1. The summed E-state index contributed by atoms with van der Waals surface area (Å²) in [5, 5.41) is 10.5. The van der Waals surface area contributed by atoms with E-state index in [-0.39, 0.29) is 10.7 Å². The van der Waals surface area contributed by atoms with Crippen LogP contribution in [0.25, 0.3) is 10.9 Å². The van der Waals surface area contributed by atoms with Crippen molar-refractivity contribution in [3.05, 3.63) is 33.9 Å². The molecular formula is C14H14Cl2N2O3. The van der Waals surface area contributed by atoms with Crippen molar-refractivity contribution in [2.45, 2.75) is 19.4 Å². The molecule has 2 N–H and O–H groups in total. The number of fused-ring (bicyclic) bond motifs is 1. The summed E-state index contributed by atoms with van der Waals surface area (Å²) in [5.74, 6) is -1.60. The maximum Gasteiger partial charge on any atom is 0.329 e. The molecule has 0 radical (unpaired) electrons. The summed E-state index contributed by atoms with van der Waals surface area (Å²) in [4.78, 5) is 27.8. The van der Waals surface area contributed by atoms with Crippen LogP contribution in [-0.2, 0) is 4.79 Å². The zero-order chi connectivity index (χ0) is 15.9. The zero-order valence-electron chi connectivity index (χ0n) is 11.7. The SMILES string of the molecule is CN(C(=O)c1[nH]c2ccc(Cl)cc2c1Cl)C(C)(C)C(=O)O. The highest BCUT2D eigenvalue weighted by atomic mass is 35.5. The van der Waals surface area contributed by atoms with Gasteiger partial charge in [0.2, 0.25) is 0 Å². The van der Waals surface area contributed by atoms with Crippen LogP contribution in [-0.4, -0.2) is 39.5 Å². The van der Waals surface area contributed by atoms with Crippen molar-refractivity contribution in [1.29, 1.82) is 0 Å². The number of nitrogens with zero attached hydrogens (tertiary/aromatic N) is 1. The summed E-state index contributed by atoms with van der Waals surface area (Å²) in [6.45, 7) is 2.89. The molecule has 0 saturated heterocycles. The third-order valence-corrected chi connectivity index (χ3v) is 4.21. The number of hydrogen-bond donors (Lipinski definition) is 2. The molecule has 1 heterocycles. The molecule has 0 unspecified atom stereocenters. The monoisotopic (exact) mass is 328 g/mol. The van der Waals surface area contributed by atoms with Gasteiger partial charge < -0.3 is 15.0 Å². The number of aliphatic carboxylic acids is 1. The van der Waals surface area contributed by atoms with Gasteiger partial charge in [-0.3, -0.25) is 4.79 Å². The maximum atomic E-state index is 12.5. The van der Waals surface area contributed by atoms with E-state index in [1.165, 1.54) is 20.9 Å². The average Bonchev–Trinajstić information content (AvgIpc) is 2.74. The van der Waals surface area contributed by atoms with E-state index >= 15 is 0 Å². The summed E-state index contributed by atoms with van der Waals surface area (Å²) in [5.41, 5.74) is -0.546. The summed E-state index contributed by atoms with van der Waals surface area (Å²) < 4.78 is 0. The first-order valence-corrected chi connectivity index (χ1v) is 6.90. The molecule has 0 saturated carbocycles. The molecule has 0 fully saturated rings. The van der Waals surface area contributed by atoms with Crippen molar-refractivity contribution in [3.8, 4) is 0 Å². The molecule has 21 heavy (non-hydrogen) atoms. The summed E-state index contributed by atoms with van der Waals surface area (Å²) in [6, 6.07) is 5.04. The maximum absolute atomic E-state index is 12.5.